The smallest absolute Gasteiger partial charge is 0.119 e. The number of piperidine rings is 1. The zero-order chi connectivity index (χ0) is 12.9. The molecule has 1 N–H and O–H groups in total. The van der Waals surface area contributed by atoms with Crippen molar-refractivity contribution in [3.8, 4) is 5.75 Å². The molecule has 1 aromatic carbocycles. The summed E-state index contributed by atoms with van der Waals surface area (Å²) in [5.41, 5.74) is 0. The van der Waals surface area contributed by atoms with Crippen molar-refractivity contribution in [3.63, 3.8) is 0 Å². The third-order valence-corrected chi connectivity index (χ3v) is 4.38. The number of ether oxygens (including phenoxy) is 1. The number of nitrogens with one attached hydrogen (secondary N) is 1. The average molecular weight is 260 g/mol. The van der Waals surface area contributed by atoms with Crippen molar-refractivity contribution in [2.75, 3.05) is 26.2 Å². The molecule has 3 heteroatoms. The number of nitrogens with zero attached hydrogens (tertiary/aromatic N) is 1. The first-order valence-corrected chi connectivity index (χ1v) is 7.59. The molecular formula is C16H24N2O. The van der Waals surface area contributed by atoms with E-state index < -0.39 is 0 Å². The van der Waals surface area contributed by atoms with E-state index in [9.17, 15) is 0 Å². The fraction of sp³-hybridized carbons (Fsp3) is 0.625. The summed E-state index contributed by atoms with van der Waals surface area (Å²) in [5.74, 6) is 0.968. The fourth-order valence-electron chi connectivity index (χ4n) is 3.42. The highest BCUT2D eigenvalue weighted by molar-refractivity contribution is 5.20. The van der Waals surface area contributed by atoms with Crippen LogP contribution in [-0.4, -0.2) is 43.2 Å². The third kappa shape index (κ3) is 3.28. The molecule has 0 amide bonds. The Bertz CT molecular complexity index is 382. The monoisotopic (exact) mass is 260 g/mol. The second kappa shape index (κ2) is 6.40. The first-order chi connectivity index (χ1) is 9.43. The van der Waals surface area contributed by atoms with Gasteiger partial charge in [0.15, 0.2) is 0 Å². The van der Waals surface area contributed by atoms with Gasteiger partial charge in [-0.25, -0.2) is 0 Å². The third-order valence-electron chi connectivity index (χ3n) is 4.38. The molecule has 0 radical (unpaired) electrons. The topological polar surface area (TPSA) is 24.5 Å². The molecule has 0 saturated carbocycles. The molecule has 2 aliphatic rings. The lowest BCUT2D eigenvalue weighted by atomic mass is 9.99. The molecule has 2 saturated heterocycles. The van der Waals surface area contributed by atoms with Gasteiger partial charge < -0.3 is 10.1 Å². The first kappa shape index (κ1) is 12.9. The highest BCUT2D eigenvalue weighted by atomic mass is 16.5. The number of hydrogen-bond acceptors (Lipinski definition) is 3. The number of hydrogen-bond donors (Lipinski definition) is 1. The molecule has 0 bridgehead atoms. The zero-order valence-corrected chi connectivity index (χ0v) is 11.6. The van der Waals surface area contributed by atoms with Crippen LogP contribution in [0.5, 0.6) is 5.75 Å². The average Bonchev–Trinajstić information content (AvgIpc) is 2.88. The van der Waals surface area contributed by atoms with E-state index in [-0.39, 0.29) is 0 Å². The zero-order valence-electron chi connectivity index (χ0n) is 11.6. The van der Waals surface area contributed by atoms with Crippen molar-refractivity contribution in [1.29, 1.82) is 0 Å². The van der Waals surface area contributed by atoms with Crippen molar-refractivity contribution in [3.05, 3.63) is 30.3 Å². The van der Waals surface area contributed by atoms with Crippen molar-refractivity contribution in [2.45, 2.75) is 37.8 Å². The van der Waals surface area contributed by atoms with E-state index in [0.29, 0.717) is 6.04 Å². The van der Waals surface area contributed by atoms with Crippen molar-refractivity contribution in [1.82, 2.24) is 10.2 Å². The van der Waals surface area contributed by atoms with E-state index in [1.165, 1.54) is 38.8 Å². The second-order valence-corrected chi connectivity index (χ2v) is 5.61. The van der Waals surface area contributed by atoms with Crippen LogP contribution in [-0.2, 0) is 0 Å². The normalized spacial score (nSPS) is 27.2. The van der Waals surface area contributed by atoms with Gasteiger partial charge in [-0.3, -0.25) is 4.90 Å². The van der Waals surface area contributed by atoms with Crippen LogP contribution >= 0.6 is 0 Å². The van der Waals surface area contributed by atoms with Gasteiger partial charge in [-0.15, -0.1) is 0 Å². The number of benzene rings is 1. The van der Waals surface area contributed by atoms with Crippen LogP contribution in [0.1, 0.15) is 25.7 Å². The van der Waals surface area contributed by atoms with Gasteiger partial charge in [0.25, 0.3) is 0 Å². The quantitative estimate of drug-likeness (QED) is 0.822. The summed E-state index contributed by atoms with van der Waals surface area (Å²) in [6.07, 6.45) is 5.47. The predicted molar refractivity (Wildman–Crippen MR) is 77.6 cm³/mol. The lowest BCUT2D eigenvalue weighted by molar-refractivity contribution is 0.178. The van der Waals surface area contributed by atoms with Gasteiger partial charge in [0.1, 0.15) is 12.4 Å². The molecule has 19 heavy (non-hydrogen) atoms. The van der Waals surface area contributed by atoms with Crippen LogP contribution in [0.15, 0.2) is 30.3 Å². The van der Waals surface area contributed by atoms with Crippen LogP contribution in [0.25, 0.3) is 0 Å². The summed E-state index contributed by atoms with van der Waals surface area (Å²) in [7, 11) is 0. The lowest BCUT2D eigenvalue weighted by Crippen LogP contribution is -2.45. The molecule has 3 nitrogen and oxygen atoms in total. The van der Waals surface area contributed by atoms with E-state index >= 15 is 0 Å². The minimum Gasteiger partial charge on any atom is -0.492 e. The van der Waals surface area contributed by atoms with Gasteiger partial charge in [-0.2, -0.15) is 0 Å². The summed E-state index contributed by atoms with van der Waals surface area (Å²) in [6.45, 7) is 4.29. The van der Waals surface area contributed by atoms with E-state index in [1.54, 1.807) is 0 Å². The van der Waals surface area contributed by atoms with E-state index in [4.69, 9.17) is 4.74 Å². The Morgan fingerprint density at radius 3 is 2.89 bits per heavy atom. The Kier molecular flexibility index (Phi) is 4.36. The number of para-hydroxylation sites is 1. The summed E-state index contributed by atoms with van der Waals surface area (Å²) >= 11 is 0. The standard InChI is InChI=1S/C16H24N2O/c1-2-6-14(7-3-1)19-13-10-17-15-9-12-18-11-5-4-8-16(15)18/h1-3,6-7,15-17H,4-5,8-13H2. The van der Waals surface area contributed by atoms with Crippen molar-refractivity contribution >= 4 is 0 Å². The molecule has 0 aliphatic carbocycles. The van der Waals surface area contributed by atoms with E-state index in [2.05, 4.69) is 10.2 Å². The maximum atomic E-state index is 5.73. The van der Waals surface area contributed by atoms with Gasteiger partial charge in [0, 0.05) is 25.2 Å². The van der Waals surface area contributed by atoms with Crippen molar-refractivity contribution < 1.29 is 4.74 Å². The Hall–Kier alpha value is -1.06. The maximum Gasteiger partial charge on any atom is 0.119 e. The summed E-state index contributed by atoms with van der Waals surface area (Å²) in [5, 5.41) is 3.68. The SMILES string of the molecule is c1ccc(OCCNC2CCN3CCCCC23)cc1. The number of fused-ring (bicyclic) bond motifs is 1. The highest BCUT2D eigenvalue weighted by Gasteiger charge is 2.34. The van der Waals surface area contributed by atoms with E-state index in [1.807, 2.05) is 30.3 Å². The maximum absolute atomic E-state index is 5.73. The molecule has 0 spiro atoms. The summed E-state index contributed by atoms with van der Waals surface area (Å²) in [6, 6.07) is 11.5. The minimum absolute atomic E-state index is 0.680. The predicted octanol–water partition coefficient (Wildman–Crippen LogP) is 2.28. The van der Waals surface area contributed by atoms with Crippen molar-refractivity contribution in [2.24, 2.45) is 0 Å². The highest BCUT2D eigenvalue weighted by Crippen LogP contribution is 2.26. The molecule has 3 rings (SSSR count). The molecule has 104 valence electrons. The molecule has 2 heterocycles. The molecule has 1 aromatic rings. The van der Waals surface area contributed by atoms with Gasteiger partial charge >= 0.3 is 0 Å². The Morgan fingerprint density at radius 2 is 2.00 bits per heavy atom. The van der Waals surface area contributed by atoms with Gasteiger partial charge in [0.2, 0.25) is 0 Å². The molecule has 2 atom stereocenters. The van der Waals surface area contributed by atoms with Crippen LogP contribution < -0.4 is 10.1 Å². The van der Waals surface area contributed by atoms with Crippen LogP contribution in [0.3, 0.4) is 0 Å². The Balaban J connectivity index is 1.38. The molecule has 2 aliphatic heterocycles. The van der Waals surface area contributed by atoms with Crippen LogP contribution in [0, 0.1) is 0 Å². The number of rotatable bonds is 5. The van der Waals surface area contributed by atoms with Gasteiger partial charge in [-0.05, 0) is 37.9 Å². The van der Waals surface area contributed by atoms with Crippen LogP contribution in [0.4, 0.5) is 0 Å². The van der Waals surface area contributed by atoms with E-state index in [0.717, 1.165) is 24.9 Å². The largest absolute Gasteiger partial charge is 0.492 e. The van der Waals surface area contributed by atoms with Crippen LogP contribution in [0.2, 0.25) is 0 Å². The molecule has 2 fully saturated rings. The summed E-state index contributed by atoms with van der Waals surface area (Å²) < 4.78 is 5.73. The fourth-order valence-corrected chi connectivity index (χ4v) is 3.42. The molecule has 0 aromatic heterocycles. The summed E-state index contributed by atoms with van der Waals surface area (Å²) in [4.78, 5) is 2.67. The van der Waals surface area contributed by atoms with Gasteiger partial charge in [0.05, 0.1) is 0 Å². The minimum atomic E-state index is 0.680. The Morgan fingerprint density at radius 1 is 1.11 bits per heavy atom. The molecule has 2 unspecified atom stereocenters. The second-order valence-electron chi connectivity index (χ2n) is 5.61. The van der Waals surface area contributed by atoms with Gasteiger partial charge in [-0.1, -0.05) is 24.6 Å². The Labute approximate surface area is 115 Å². The lowest BCUT2D eigenvalue weighted by Gasteiger charge is -2.32. The first-order valence-electron chi connectivity index (χ1n) is 7.59. The molecular weight excluding hydrogens is 236 g/mol.